The van der Waals surface area contributed by atoms with Gasteiger partial charge in [-0.05, 0) is 30.3 Å². The van der Waals surface area contributed by atoms with Crippen LogP contribution in [0.3, 0.4) is 0 Å². The lowest BCUT2D eigenvalue weighted by Crippen LogP contribution is -2.11. The predicted molar refractivity (Wildman–Crippen MR) is 75.9 cm³/mol. The molecule has 0 aliphatic heterocycles. The zero-order valence-electron chi connectivity index (χ0n) is 9.69. The third-order valence-corrected chi connectivity index (χ3v) is 2.95. The van der Waals surface area contributed by atoms with Crippen molar-refractivity contribution in [2.75, 3.05) is 5.73 Å². The van der Waals surface area contributed by atoms with Crippen LogP contribution in [0.4, 0.5) is 5.69 Å². The maximum atomic E-state index is 11.0. The molecule has 4 nitrogen and oxygen atoms in total. The van der Waals surface area contributed by atoms with E-state index in [-0.39, 0.29) is 5.69 Å². The van der Waals surface area contributed by atoms with Crippen LogP contribution >= 0.6 is 23.2 Å². The van der Waals surface area contributed by atoms with Gasteiger partial charge in [-0.3, -0.25) is 4.79 Å². The third-order valence-electron chi connectivity index (χ3n) is 2.41. The number of hydrogen-bond donors (Lipinski definition) is 2. The smallest absolute Gasteiger partial charge is 0.248 e. The van der Waals surface area contributed by atoms with Gasteiger partial charge in [-0.1, -0.05) is 23.2 Å². The van der Waals surface area contributed by atoms with E-state index in [9.17, 15) is 4.79 Å². The summed E-state index contributed by atoms with van der Waals surface area (Å²) in [6.07, 6.45) is 0. The average molecular weight is 297 g/mol. The fourth-order valence-corrected chi connectivity index (χ4v) is 1.79. The fourth-order valence-electron chi connectivity index (χ4n) is 1.47. The van der Waals surface area contributed by atoms with Gasteiger partial charge in [0.1, 0.15) is 11.5 Å². The van der Waals surface area contributed by atoms with Gasteiger partial charge in [-0.25, -0.2) is 0 Å². The van der Waals surface area contributed by atoms with E-state index in [0.29, 0.717) is 27.1 Å². The van der Waals surface area contributed by atoms with E-state index in [0.717, 1.165) is 0 Å². The minimum Gasteiger partial charge on any atom is -0.454 e. The van der Waals surface area contributed by atoms with Crippen LogP contribution in [0.5, 0.6) is 11.5 Å². The molecule has 2 aromatic carbocycles. The highest BCUT2D eigenvalue weighted by Gasteiger charge is 2.09. The molecule has 98 valence electrons. The van der Waals surface area contributed by atoms with E-state index in [1.807, 2.05) is 0 Å². The highest BCUT2D eigenvalue weighted by molar-refractivity contribution is 6.34. The number of nitrogen functional groups attached to an aromatic ring is 1. The summed E-state index contributed by atoms with van der Waals surface area (Å²) < 4.78 is 5.56. The van der Waals surface area contributed by atoms with Crippen molar-refractivity contribution in [3.05, 3.63) is 52.0 Å². The summed E-state index contributed by atoms with van der Waals surface area (Å²) in [6, 6.07) is 9.35. The molecule has 0 heterocycles. The van der Waals surface area contributed by atoms with Crippen molar-refractivity contribution in [3.63, 3.8) is 0 Å². The zero-order valence-corrected chi connectivity index (χ0v) is 11.2. The number of ether oxygens (including phenoxy) is 1. The molecular formula is C13H10Cl2N2O2. The number of carbonyl (C=O) groups is 1. The highest BCUT2D eigenvalue weighted by atomic mass is 35.5. The van der Waals surface area contributed by atoms with Crippen LogP contribution in [0.1, 0.15) is 10.4 Å². The second kappa shape index (κ2) is 5.38. The molecule has 0 atom stereocenters. The summed E-state index contributed by atoms with van der Waals surface area (Å²) in [5.74, 6) is 0.195. The maximum absolute atomic E-state index is 11.0. The number of nitrogens with two attached hydrogens (primary N) is 2. The Morgan fingerprint density at radius 3 is 2.42 bits per heavy atom. The molecule has 0 saturated carbocycles. The largest absolute Gasteiger partial charge is 0.454 e. The molecule has 0 spiro atoms. The van der Waals surface area contributed by atoms with Crippen LogP contribution in [0.15, 0.2) is 36.4 Å². The van der Waals surface area contributed by atoms with Gasteiger partial charge in [0.05, 0.1) is 10.7 Å². The predicted octanol–water partition coefficient (Wildman–Crippen LogP) is 3.47. The first kappa shape index (κ1) is 13.5. The van der Waals surface area contributed by atoms with Gasteiger partial charge in [0, 0.05) is 16.7 Å². The van der Waals surface area contributed by atoms with Crippen LogP contribution in [0.2, 0.25) is 10.0 Å². The summed E-state index contributed by atoms with van der Waals surface area (Å²) >= 11 is 11.8. The van der Waals surface area contributed by atoms with Gasteiger partial charge in [-0.15, -0.1) is 0 Å². The van der Waals surface area contributed by atoms with Gasteiger partial charge in [0.15, 0.2) is 0 Å². The number of carbonyl (C=O) groups excluding carboxylic acids is 1. The first-order valence-electron chi connectivity index (χ1n) is 5.29. The minimum atomic E-state index is -0.556. The second-order valence-corrected chi connectivity index (χ2v) is 4.64. The molecule has 0 radical (unpaired) electrons. The Kier molecular flexibility index (Phi) is 3.83. The summed E-state index contributed by atoms with van der Waals surface area (Å²) in [7, 11) is 0. The summed E-state index contributed by atoms with van der Waals surface area (Å²) in [6.45, 7) is 0. The van der Waals surface area contributed by atoms with E-state index >= 15 is 0 Å². The van der Waals surface area contributed by atoms with Crippen molar-refractivity contribution >= 4 is 34.8 Å². The molecule has 0 aromatic heterocycles. The normalized spacial score (nSPS) is 10.2. The van der Waals surface area contributed by atoms with Crippen LogP contribution in [0.25, 0.3) is 0 Å². The van der Waals surface area contributed by atoms with E-state index in [1.54, 1.807) is 24.3 Å². The lowest BCUT2D eigenvalue weighted by Gasteiger charge is -2.10. The van der Waals surface area contributed by atoms with Crippen LogP contribution in [0, 0.1) is 0 Å². The molecule has 0 bridgehead atoms. The number of hydrogen-bond acceptors (Lipinski definition) is 3. The van der Waals surface area contributed by atoms with E-state index in [2.05, 4.69) is 0 Å². The SMILES string of the molecule is NC(=O)c1ccc(Oc2cc(Cl)ccc2Cl)c(N)c1. The lowest BCUT2D eigenvalue weighted by atomic mass is 10.2. The molecule has 0 aliphatic carbocycles. The molecule has 0 unspecified atom stereocenters. The molecule has 6 heteroatoms. The Bertz CT molecular complexity index is 645. The van der Waals surface area contributed by atoms with Gasteiger partial charge in [0.25, 0.3) is 0 Å². The first-order valence-corrected chi connectivity index (χ1v) is 6.05. The molecule has 19 heavy (non-hydrogen) atoms. The van der Waals surface area contributed by atoms with Crippen LogP contribution in [-0.2, 0) is 0 Å². The second-order valence-electron chi connectivity index (χ2n) is 3.79. The molecule has 0 aliphatic rings. The fraction of sp³-hybridized carbons (Fsp3) is 0. The maximum Gasteiger partial charge on any atom is 0.248 e. The quantitative estimate of drug-likeness (QED) is 0.851. The summed E-state index contributed by atoms with van der Waals surface area (Å²) in [4.78, 5) is 11.0. The monoisotopic (exact) mass is 296 g/mol. The number of primary amides is 1. The Hall–Kier alpha value is -1.91. The topological polar surface area (TPSA) is 78.3 Å². The molecule has 2 rings (SSSR count). The molecule has 4 N–H and O–H groups in total. The van der Waals surface area contributed by atoms with Crippen molar-refractivity contribution < 1.29 is 9.53 Å². The molecule has 0 saturated heterocycles. The number of benzene rings is 2. The minimum absolute atomic E-state index is 0.285. The van der Waals surface area contributed by atoms with E-state index in [4.69, 9.17) is 39.4 Å². The number of halogens is 2. The van der Waals surface area contributed by atoms with E-state index < -0.39 is 5.91 Å². The van der Waals surface area contributed by atoms with E-state index in [1.165, 1.54) is 12.1 Å². The Labute approximate surface area is 119 Å². The van der Waals surface area contributed by atoms with Crippen molar-refractivity contribution in [3.8, 4) is 11.5 Å². The Balaban J connectivity index is 2.33. The van der Waals surface area contributed by atoms with Crippen LogP contribution in [-0.4, -0.2) is 5.91 Å². The summed E-state index contributed by atoms with van der Waals surface area (Å²) in [5, 5.41) is 0.898. The standard InChI is InChI=1S/C13H10Cl2N2O2/c14-8-2-3-9(15)12(6-8)19-11-4-1-7(13(17)18)5-10(11)16/h1-6H,16H2,(H2,17,18). The molecular weight excluding hydrogens is 287 g/mol. The average Bonchev–Trinajstić information content (AvgIpc) is 2.36. The summed E-state index contributed by atoms with van der Waals surface area (Å²) in [5.41, 5.74) is 11.5. The molecule has 1 amide bonds. The number of anilines is 1. The lowest BCUT2D eigenvalue weighted by molar-refractivity contribution is 0.100. The van der Waals surface area contributed by atoms with Crippen LogP contribution < -0.4 is 16.2 Å². The van der Waals surface area contributed by atoms with Crippen molar-refractivity contribution in [2.24, 2.45) is 5.73 Å². The molecule has 0 fully saturated rings. The first-order chi connectivity index (χ1) is 8.97. The third kappa shape index (κ3) is 3.10. The number of amides is 1. The van der Waals surface area contributed by atoms with Crippen molar-refractivity contribution in [2.45, 2.75) is 0 Å². The molecule has 2 aromatic rings. The van der Waals surface area contributed by atoms with Crippen molar-refractivity contribution in [1.29, 1.82) is 0 Å². The van der Waals surface area contributed by atoms with Crippen molar-refractivity contribution in [1.82, 2.24) is 0 Å². The zero-order chi connectivity index (χ0) is 14.0. The van der Waals surface area contributed by atoms with Gasteiger partial charge in [0.2, 0.25) is 5.91 Å². The van der Waals surface area contributed by atoms with Gasteiger partial charge >= 0.3 is 0 Å². The number of rotatable bonds is 3. The van der Waals surface area contributed by atoms with Gasteiger partial charge < -0.3 is 16.2 Å². The van der Waals surface area contributed by atoms with Gasteiger partial charge in [-0.2, -0.15) is 0 Å². The Morgan fingerprint density at radius 1 is 1.05 bits per heavy atom. The Morgan fingerprint density at radius 2 is 1.79 bits per heavy atom. The highest BCUT2D eigenvalue weighted by Crippen LogP contribution is 2.34.